The number of aryl methyl sites for hydroxylation is 2. The van der Waals surface area contributed by atoms with Crippen LogP contribution in [0, 0.1) is 13.8 Å². The van der Waals surface area contributed by atoms with E-state index in [2.05, 4.69) is 31.8 Å². The summed E-state index contributed by atoms with van der Waals surface area (Å²) < 4.78 is 6.22. The molecule has 0 aliphatic heterocycles. The minimum atomic E-state index is -0.419. The van der Waals surface area contributed by atoms with Gasteiger partial charge in [-0.05, 0) is 72.1 Å². The van der Waals surface area contributed by atoms with Crippen LogP contribution in [0.2, 0.25) is 5.02 Å². The second-order valence-electron chi connectivity index (χ2n) is 6.29. The smallest absolute Gasteiger partial charge is 0.277 e. The van der Waals surface area contributed by atoms with Crippen molar-refractivity contribution in [1.82, 2.24) is 5.43 Å². The van der Waals surface area contributed by atoms with Crippen LogP contribution in [0.15, 0.2) is 46.0 Å². The van der Waals surface area contributed by atoms with E-state index in [0.29, 0.717) is 22.2 Å². The van der Waals surface area contributed by atoms with Gasteiger partial charge in [-0.1, -0.05) is 23.7 Å². The lowest BCUT2D eigenvalue weighted by atomic mass is 10.2. The molecule has 0 aromatic heterocycles. The van der Waals surface area contributed by atoms with Gasteiger partial charge in [0.25, 0.3) is 5.91 Å². The number of hydrazone groups is 1. The lowest BCUT2D eigenvalue weighted by Gasteiger charge is -2.08. The van der Waals surface area contributed by atoms with E-state index in [0.717, 1.165) is 15.6 Å². The number of hydrogen-bond acceptors (Lipinski definition) is 4. The van der Waals surface area contributed by atoms with E-state index in [-0.39, 0.29) is 18.9 Å². The molecule has 0 unspecified atom stereocenters. The average Bonchev–Trinajstić information content (AvgIpc) is 2.62. The molecule has 0 saturated carbocycles. The summed E-state index contributed by atoms with van der Waals surface area (Å²) in [5, 5.41) is 7.24. The van der Waals surface area contributed by atoms with Crippen molar-refractivity contribution in [3.05, 3.63) is 57.0 Å². The second-order valence-corrected chi connectivity index (χ2v) is 7.56. The lowest BCUT2D eigenvalue weighted by Crippen LogP contribution is -2.26. The van der Waals surface area contributed by atoms with Crippen LogP contribution in [0.1, 0.15) is 24.5 Å². The third-order valence-electron chi connectivity index (χ3n) is 3.69. The minimum Gasteiger partial charge on any atom is -0.483 e. The predicted octanol–water partition coefficient (Wildman–Crippen LogP) is 4.62. The zero-order valence-corrected chi connectivity index (χ0v) is 18.1. The number of carbonyl (C=O) groups is 2. The Morgan fingerprint density at radius 2 is 1.89 bits per heavy atom. The normalized spacial score (nSPS) is 11.1. The van der Waals surface area contributed by atoms with E-state index >= 15 is 0 Å². The molecule has 0 saturated heterocycles. The van der Waals surface area contributed by atoms with Crippen LogP contribution in [0.4, 0.5) is 5.69 Å². The fraction of sp³-hybridized carbons (Fsp3) is 0.250. The quantitative estimate of drug-likeness (QED) is 0.461. The first-order chi connectivity index (χ1) is 13.2. The van der Waals surface area contributed by atoms with Crippen LogP contribution in [0.3, 0.4) is 0 Å². The maximum absolute atomic E-state index is 12.1. The van der Waals surface area contributed by atoms with Gasteiger partial charge < -0.3 is 10.1 Å². The maximum Gasteiger partial charge on any atom is 0.277 e. The van der Waals surface area contributed by atoms with Gasteiger partial charge in [0.2, 0.25) is 5.91 Å². The number of benzene rings is 2. The van der Waals surface area contributed by atoms with Gasteiger partial charge in [0, 0.05) is 16.4 Å². The molecule has 0 radical (unpaired) electrons. The van der Waals surface area contributed by atoms with Crippen LogP contribution in [0.5, 0.6) is 5.75 Å². The Bertz CT molecular complexity index is 916. The summed E-state index contributed by atoms with van der Waals surface area (Å²) in [4.78, 5) is 23.9. The molecule has 6 nitrogen and oxygen atoms in total. The number of ether oxygens (including phenoxy) is 1. The molecule has 0 atom stereocenters. The van der Waals surface area contributed by atoms with E-state index in [1.807, 2.05) is 32.0 Å². The molecule has 8 heteroatoms. The number of halogens is 2. The van der Waals surface area contributed by atoms with Gasteiger partial charge in [-0.15, -0.1) is 0 Å². The van der Waals surface area contributed by atoms with E-state index in [9.17, 15) is 9.59 Å². The molecule has 2 aromatic rings. The van der Waals surface area contributed by atoms with Gasteiger partial charge in [0.1, 0.15) is 5.75 Å². The Hall–Kier alpha value is -2.38. The number of hydrogen-bond donors (Lipinski definition) is 2. The first-order valence-corrected chi connectivity index (χ1v) is 9.68. The monoisotopic (exact) mass is 465 g/mol. The highest BCUT2D eigenvalue weighted by molar-refractivity contribution is 9.10. The van der Waals surface area contributed by atoms with E-state index < -0.39 is 5.91 Å². The molecular formula is C20H21BrClN3O3. The summed E-state index contributed by atoms with van der Waals surface area (Å²) >= 11 is 9.43. The molecule has 0 heterocycles. The molecule has 2 N–H and O–H groups in total. The topological polar surface area (TPSA) is 79.8 Å². The van der Waals surface area contributed by atoms with Crippen molar-refractivity contribution in [3.8, 4) is 5.75 Å². The molecule has 0 bridgehead atoms. The molecule has 0 fully saturated rings. The van der Waals surface area contributed by atoms with Crippen LogP contribution < -0.4 is 15.5 Å². The second kappa shape index (κ2) is 10.2. The standard InChI is InChI=1S/C20H21BrClN3O3/c1-12-4-7-18(16(21)8-12)28-11-20(27)25-24-14(3)9-19(26)23-15-6-5-13(2)17(22)10-15/h4-8,10H,9,11H2,1-3H3,(H,23,26)(H,25,27)/b24-14+. The van der Waals surface area contributed by atoms with Gasteiger partial charge >= 0.3 is 0 Å². The Balaban J connectivity index is 1.79. The summed E-state index contributed by atoms with van der Waals surface area (Å²) in [7, 11) is 0. The number of amides is 2. The molecule has 2 amide bonds. The predicted molar refractivity (Wildman–Crippen MR) is 115 cm³/mol. The van der Waals surface area contributed by atoms with Crippen molar-refractivity contribution in [2.45, 2.75) is 27.2 Å². The van der Waals surface area contributed by atoms with E-state index in [4.69, 9.17) is 16.3 Å². The molecule has 2 rings (SSSR count). The van der Waals surface area contributed by atoms with Crippen LogP contribution in [0.25, 0.3) is 0 Å². The van der Waals surface area contributed by atoms with Crippen molar-refractivity contribution in [2.24, 2.45) is 5.10 Å². The van der Waals surface area contributed by atoms with Crippen LogP contribution >= 0.6 is 27.5 Å². The number of carbonyl (C=O) groups excluding carboxylic acids is 2. The Labute approximate surface area is 177 Å². The molecule has 0 aliphatic rings. The number of nitrogens with zero attached hydrogens (tertiary/aromatic N) is 1. The van der Waals surface area contributed by atoms with Crippen molar-refractivity contribution in [3.63, 3.8) is 0 Å². The van der Waals surface area contributed by atoms with Gasteiger partial charge in [-0.2, -0.15) is 5.10 Å². The van der Waals surface area contributed by atoms with Crippen molar-refractivity contribution >= 4 is 50.7 Å². The van der Waals surface area contributed by atoms with Crippen molar-refractivity contribution in [2.75, 3.05) is 11.9 Å². The van der Waals surface area contributed by atoms with E-state index in [1.54, 1.807) is 25.1 Å². The lowest BCUT2D eigenvalue weighted by molar-refractivity contribution is -0.123. The molecule has 0 spiro atoms. The summed E-state index contributed by atoms with van der Waals surface area (Å²) in [6.07, 6.45) is 0.0378. The summed E-state index contributed by atoms with van der Waals surface area (Å²) in [6.45, 7) is 5.31. The zero-order valence-electron chi connectivity index (χ0n) is 15.8. The number of nitrogens with one attached hydrogen (secondary N) is 2. The average molecular weight is 467 g/mol. The van der Waals surface area contributed by atoms with Crippen molar-refractivity contribution < 1.29 is 14.3 Å². The summed E-state index contributed by atoms with van der Waals surface area (Å²) in [6, 6.07) is 10.8. The molecule has 148 valence electrons. The first-order valence-electron chi connectivity index (χ1n) is 8.51. The first kappa shape index (κ1) is 21.9. The fourth-order valence-electron chi connectivity index (χ4n) is 2.20. The maximum atomic E-state index is 12.1. The van der Waals surface area contributed by atoms with E-state index in [1.165, 1.54) is 0 Å². The van der Waals surface area contributed by atoms with Gasteiger partial charge in [-0.25, -0.2) is 5.43 Å². The minimum absolute atomic E-state index is 0.0378. The SMILES string of the molecule is C/C(CC(=O)Nc1ccc(C)c(Cl)c1)=N\NC(=O)COc1ccc(C)cc1Br. The highest BCUT2D eigenvalue weighted by atomic mass is 79.9. The summed E-state index contributed by atoms with van der Waals surface area (Å²) in [5.74, 6) is -0.106. The van der Waals surface area contributed by atoms with Gasteiger partial charge in [-0.3, -0.25) is 9.59 Å². The Morgan fingerprint density at radius 1 is 1.14 bits per heavy atom. The number of anilines is 1. The Kier molecular flexibility index (Phi) is 8.02. The Morgan fingerprint density at radius 3 is 2.57 bits per heavy atom. The third-order valence-corrected chi connectivity index (χ3v) is 4.72. The highest BCUT2D eigenvalue weighted by Crippen LogP contribution is 2.25. The molecule has 2 aromatic carbocycles. The summed E-state index contributed by atoms with van der Waals surface area (Å²) in [5.41, 5.74) is 5.45. The molecule has 0 aliphatic carbocycles. The zero-order chi connectivity index (χ0) is 20.7. The van der Waals surface area contributed by atoms with Crippen LogP contribution in [-0.2, 0) is 9.59 Å². The molecule has 28 heavy (non-hydrogen) atoms. The molecular weight excluding hydrogens is 446 g/mol. The van der Waals surface area contributed by atoms with Gasteiger partial charge in [0.15, 0.2) is 6.61 Å². The van der Waals surface area contributed by atoms with Gasteiger partial charge in [0.05, 0.1) is 10.9 Å². The number of rotatable bonds is 7. The van der Waals surface area contributed by atoms with Crippen LogP contribution in [-0.4, -0.2) is 24.1 Å². The highest BCUT2D eigenvalue weighted by Gasteiger charge is 2.08. The largest absolute Gasteiger partial charge is 0.483 e. The third kappa shape index (κ3) is 6.98. The fourth-order valence-corrected chi connectivity index (χ4v) is 2.99. The van der Waals surface area contributed by atoms with Crippen molar-refractivity contribution in [1.29, 1.82) is 0 Å².